The zero-order valence-electron chi connectivity index (χ0n) is 12.0. The average molecular weight is 313 g/mol. The molecule has 0 saturated carbocycles. The van der Waals surface area contributed by atoms with E-state index < -0.39 is 0 Å². The van der Waals surface area contributed by atoms with Crippen molar-refractivity contribution in [3.05, 3.63) is 78.4 Å². The van der Waals surface area contributed by atoms with Crippen molar-refractivity contribution in [1.82, 2.24) is 0 Å². The van der Waals surface area contributed by atoms with Crippen molar-refractivity contribution >= 4 is 5.69 Å². The van der Waals surface area contributed by atoms with E-state index in [0.29, 0.717) is 28.7 Å². The molecule has 0 radical (unpaired) electrons. The number of rotatable bonds is 4. The van der Waals surface area contributed by atoms with Crippen LogP contribution < -0.4 is 15.2 Å². The summed E-state index contributed by atoms with van der Waals surface area (Å²) in [6.45, 7) is 0. The van der Waals surface area contributed by atoms with Crippen molar-refractivity contribution in [2.45, 2.75) is 0 Å². The van der Waals surface area contributed by atoms with Crippen molar-refractivity contribution in [3.8, 4) is 23.0 Å². The van der Waals surface area contributed by atoms with Gasteiger partial charge in [0.05, 0.1) is 0 Å². The van der Waals surface area contributed by atoms with Crippen LogP contribution in [0.15, 0.2) is 66.7 Å². The number of nitrogen functional groups attached to an aromatic ring is 1. The van der Waals surface area contributed by atoms with Gasteiger partial charge < -0.3 is 15.2 Å². The lowest BCUT2D eigenvalue weighted by Crippen LogP contribution is -1.92. The van der Waals surface area contributed by atoms with Crippen molar-refractivity contribution < 1.29 is 18.3 Å². The second kappa shape index (κ2) is 6.36. The summed E-state index contributed by atoms with van der Waals surface area (Å²) in [6.07, 6.45) is 0. The Morgan fingerprint density at radius 3 is 1.35 bits per heavy atom. The molecule has 3 rings (SSSR count). The molecule has 3 aromatic carbocycles. The van der Waals surface area contributed by atoms with Crippen LogP contribution in [-0.2, 0) is 0 Å². The van der Waals surface area contributed by atoms with E-state index in [4.69, 9.17) is 15.2 Å². The van der Waals surface area contributed by atoms with E-state index in [9.17, 15) is 8.78 Å². The van der Waals surface area contributed by atoms with Crippen molar-refractivity contribution in [2.24, 2.45) is 0 Å². The van der Waals surface area contributed by atoms with Crippen LogP contribution in [0, 0.1) is 11.6 Å². The van der Waals surface area contributed by atoms with Gasteiger partial charge in [-0.25, -0.2) is 8.78 Å². The predicted octanol–water partition coefficient (Wildman–Crippen LogP) is 5.13. The average Bonchev–Trinajstić information content (AvgIpc) is 2.51. The summed E-state index contributed by atoms with van der Waals surface area (Å²) in [5.74, 6) is 1.17. The first-order valence-corrected chi connectivity index (χ1v) is 6.86. The van der Waals surface area contributed by atoms with E-state index in [1.54, 1.807) is 18.2 Å². The van der Waals surface area contributed by atoms with Gasteiger partial charge >= 0.3 is 0 Å². The van der Waals surface area contributed by atoms with Gasteiger partial charge in [0, 0.05) is 23.9 Å². The molecular weight excluding hydrogens is 300 g/mol. The summed E-state index contributed by atoms with van der Waals surface area (Å²) in [5, 5.41) is 0. The number of anilines is 1. The molecule has 0 saturated heterocycles. The van der Waals surface area contributed by atoms with Crippen LogP contribution in [0.3, 0.4) is 0 Å². The van der Waals surface area contributed by atoms with E-state index in [2.05, 4.69) is 0 Å². The molecular formula is C18H13F2NO2. The third-order valence-corrected chi connectivity index (χ3v) is 3.00. The molecule has 0 atom stereocenters. The van der Waals surface area contributed by atoms with Crippen LogP contribution >= 0.6 is 0 Å². The third kappa shape index (κ3) is 3.97. The highest BCUT2D eigenvalue weighted by Gasteiger charge is 2.05. The van der Waals surface area contributed by atoms with Crippen LogP contribution in [0.1, 0.15) is 0 Å². The van der Waals surface area contributed by atoms with Crippen LogP contribution in [0.5, 0.6) is 23.0 Å². The largest absolute Gasteiger partial charge is 0.457 e. The Labute approximate surface area is 131 Å². The molecule has 0 aromatic heterocycles. The number of hydrogen-bond acceptors (Lipinski definition) is 3. The van der Waals surface area contributed by atoms with Crippen LogP contribution in [0.2, 0.25) is 0 Å². The van der Waals surface area contributed by atoms with Gasteiger partial charge in [-0.2, -0.15) is 0 Å². The van der Waals surface area contributed by atoms with E-state index in [-0.39, 0.29) is 11.6 Å². The standard InChI is InChI=1S/C18H13F2NO2/c19-12-1-5-15(6-2-12)22-17-9-14(21)10-18(11-17)23-16-7-3-13(20)4-8-16/h1-11H,21H2. The lowest BCUT2D eigenvalue weighted by atomic mass is 10.2. The molecule has 3 nitrogen and oxygen atoms in total. The minimum absolute atomic E-state index is 0.342. The Morgan fingerprint density at radius 1 is 0.565 bits per heavy atom. The summed E-state index contributed by atoms with van der Waals surface area (Å²) in [7, 11) is 0. The smallest absolute Gasteiger partial charge is 0.133 e. The molecule has 0 bridgehead atoms. The maximum absolute atomic E-state index is 12.9. The SMILES string of the molecule is Nc1cc(Oc2ccc(F)cc2)cc(Oc2ccc(F)cc2)c1. The third-order valence-electron chi connectivity index (χ3n) is 3.00. The number of benzene rings is 3. The first-order chi connectivity index (χ1) is 11.1. The van der Waals surface area contributed by atoms with Gasteiger partial charge in [0.25, 0.3) is 0 Å². The van der Waals surface area contributed by atoms with Gasteiger partial charge in [0.2, 0.25) is 0 Å². The summed E-state index contributed by atoms with van der Waals surface area (Å²) in [6, 6.07) is 16.2. The zero-order chi connectivity index (χ0) is 16.2. The molecule has 5 heteroatoms. The van der Waals surface area contributed by atoms with Crippen LogP contribution in [0.4, 0.5) is 14.5 Å². The maximum atomic E-state index is 12.9. The lowest BCUT2D eigenvalue weighted by molar-refractivity contribution is 0.459. The molecule has 0 aliphatic rings. The number of ether oxygens (including phenoxy) is 2. The minimum Gasteiger partial charge on any atom is -0.457 e. The quantitative estimate of drug-likeness (QED) is 0.679. The summed E-state index contributed by atoms with van der Waals surface area (Å²) < 4.78 is 37.1. The van der Waals surface area contributed by atoms with E-state index in [1.165, 1.54) is 48.5 Å². The Balaban J connectivity index is 1.81. The summed E-state index contributed by atoms with van der Waals surface area (Å²) in [5.41, 5.74) is 6.28. The molecule has 0 unspecified atom stereocenters. The van der Waals surface area contributed by atoms with Gasteiger partial charge in [-0.15, -0.1) is 0 Å². The zero-order valence-corrected chi connectivity index (χ0v) is 12.0. The van der Waals surface area contributed by atoms with Gasteiger partial charge in [0.1, 0.15) is 34.6 Å². The maximum Gasteiger partial charge on any atom is 0.133 e. The highest BCUT2D eigenvalue weighted by atomic mass is 19.1. The number of hydrogen-bond donors (Lipinski definition) is 1. The predicted molar refractivity (Wildman–Crippen MR) is 83.8 cm³/mol. The van der Waals surface area contributed by atoms with Gasteiger partial charge in [-0.1, -0.05) is 0 Å². The normalized spacial score (nSPS) is 10.3. The number of halogens is 2. The summed E-state index contributed by atoms with van der Waals surface area (Å²) >= 11 is 0. The van der Waals surface area contributed by atoms with Gasteiger partial charge in [-0.05, 0) is 48.5 Å². The fourth-order valence-electron chi connectivity index (χ4n) is 1.99. The Bertz CT molecular complexity index is 737. The molecule has 0 amide bonds. The van der Waals surface area contributed by atoms with Crippen LogP contribution in [-0.4, -0.2) is 0 Å². The lowest BCUT2D eigenvalue weighted by Gasteiger charge is -2.10. The molecule has 3 aromatic rings. The van der Waals surface area contributed by atoms with Crippen molar-refractivity contribution in [1.29, 1.82) is 0 Å². The van der Waals surface area contributed by atoms with Crippen molar-refractivity contribution in [3.63, 3.8) is 0 Å². The molecule has 0 aliphatic heterocycles. The first-order valence-electron chi connectivity index (χ1n) is 6.86. The van der Waals surface area contributed by atoms with Gasteiger partial charge in [0.15, 0.2) is 0 Å². The van der Waals surface area contributed by atoms with E-state index in [1.807, 2.05) is 0 Å². The second-order valence-electron chi connectivity index (χ2n) is 4.85. The second-order valence-corrected chi connectivity index (χ2v) is 4.85. The summed E-state index contributed by atoms with van der Waals surface area (Å²) in [4.78, 5) is 0. The molecule has 23 heavy (non-hydrogen) atoms. The monoisotopic (exact) mass is 313 g/mol. The molecule has 2 N–H and O–H groups in total. The molecule has 0 aliphatic carbocycles. The molecule has 116 valence electrons. The van der Waals surface area contributed by atoms with E-state index in [0.717, 1.165) is 0 Å². The Hall–Kier alpha value is -3.08. The highest BCUT2D eigenvalue weighted by Crippen LogP contribution is 2.31. The minimum atomic E-state index is -0.342. The molecule has 0 spiro atoms. The Morgan fingerprint density at radius 2 is 0.957 bits per heavy atom. The first kappa shape index (κ1) is 14.8. The fraction of sp³-hybridized carbons (Fsp3) is 0. The van der Waals surface area contributed by atoms with E-state index >= 15 is 0 Å². The van der Waals surface area contributed by atoms with Crippen molar-refractivity contribution in [2.75, 3.05) is 5.73 Å². The highest BCUT2D eigenvalue weighted by molar-refractivity contribution is 5.52. The Kier molecular flexibility index (Phi) is 4.10. The molecule has 0 fully saturated rings. The molecule has 0 heterocycles. The fourth-order valence-corrected chi connectivity index (χ4v) is 1.99. The number of nitrogens with two attached hydrogens (primary N) is 1. The van der Waals surface area contributed by atoms with Gasteiger partial charge in [-0.3, -0.25) is 0 Å². The van der Waals surface area contributed by atoms with Crippen LogP contribution in [0.25, 0.3) is 0 Å². The topological polar surface area (TPSA) is 44.5 Å².